The van der Waals surface area contributed by atoms with Crippen molar-refractivity contribution >= 4 is 17.0 Å². The zero-order chi connectivity index (χ0) is 15.4. The molecular weight excluding hydrogens is 266 g/mol. The maximum atomic E-state index is 6.11. The van der Waals surface area contributed by atoms with Crippen LogP contribution in [0.2, 0.25) is 0 Å². The number of imidazole rings is 1. The number of fused-ring (bicyclic) bond motifs is 1. The van der Waals surface area contributed by atoms with Crippen LogP contribution in [0.1, 0.15) is 45.6 Å². The number of nitrogens with zero attached hydrogens (tertiary/aromatic N) is 2. The number of hydrogen-bond donors (Lipinski definition) is 1. The van der Waals surface area contributed by atoms with Gasteiger partial charge in [-0.15, -0.1) is 0 Å². The highest BCUT2D eigenvalue weighted by molar-refractivity contribution is 5.82. The molecule has 5 nitrogen and oxygen atoms in total. The Kier molecular flexibility index (Phi) is 4.94. The third-order valence-electron chi connectivity index (χ3n) is 3.89. The van der Waals surface area contributed by atoms with Crippen molar-refractivity contribution in [3.05, 3.63) is 12.1 Å². The fourth-order valence-corrected chi connectivity index (χ4v) is 2.72. The Hall–Kier alpha value is -1.91. The summed E-state index contributed by atoms with van der Waals surface area (Å²) in [5, 5.41) is 0. The standard InChI is InChI=1S/C16H25N3O2/c1-5-6-7-8-11(2)19-13-10-15(21-4)14(20-3)9-12(13)18-16(19)17/h9-11H,5-8H2,1-4H3,(H2,17,18). The first kappa shape index (κ1) is 15.5. The molecule has 1 heterocycles. The van der Waals surface area contributed by atoms with E-state index in [4.69, 9.17) is 15.2 Å². The number of hydrogen-bond acceptors (Lipinski definition) is 4. The molecule has 0 aliphatic rings. The fraction of sp³-hybridized carbons (Fsp3) is 0.562. The number of anilines is 1. The molecule has 0 saturated heterocycles. The van der Waals surface area contributed by atoms with E-state index in [1.165, 1.54) is 19.3 Å². The summed E-state index contributed by atoms with van der Waals surface area (Å²) in [5.74, 6) is 1.92. The zero-order valence-corrected chi connectivity index (χ0v) is 13.3. The summed E-state index contributed by atoms with van der Waals surface area (Å²) in [6.07, 6.45) is 4.76. The summed E-state index contributed by atoms with van der Waals surface area (Å²) in [5.41, 5.74) is 7.95. The van der Waals surface area contributed by atoms with Gasteiger partial charge in [0, 0.05) is 18.2 Å². The number of unbranched alkanes of at least 4 members (excludes halogenated alkanes) is 2. The van der Waals surface area contributed by atoms with Gasteiger partial charge in [-0.25, -0.2) is 4.98 Å². The molecule has 1 unspecified atom stereocenters. The molecule has 1 atom stereocenters. The van der Waals surface area contributed by atoms with Crippen molar-refractivity contribution in [2.75, 3.05) is 20.0 Å². The monoisotopic (exact) mass is 291 g/mol. The Morgan fingerprint density at radius 2 is 1.86 bits per heavy atom. The first-order valence-corrected chi connectivity index (χ1v) is 7.51. The molecule has 1 aromatic heterocycles. The van der Waals surface area contributed by atoms with Crippen LogP contribution >= 0.6 is 0 Å². The molecule has 1 aromatic carbocycles. The second kappa shape index (κ2) is 6.70. The maximum Gasteiger partial charge on any atom is 0.201 e. The molecule has 116 valence electrons. The van der Waals surface area contributed by atoms with E-state index >= 15 is 0 Å². The quantitative estimate of drug-likeness (QED) is 0.789. The van der Waals surface area contributed by atoms with E-state index in [1.54, 1.807) is 14.2 Å². The van der Waals surface area contributed by atoms with E-state index in [2.05, 4.69) is 23.4 Å². The SMILES string of the molecule is CCCCCC(C)n1c(N)nc2cc(OC)c(OC)cc21. The van der Waals surface area contributed by atoms with Gasteiger partial charge >= 0.3 is 0 Å². The van der Waals surface area contributed by atoms with Crippen LogP contribution in [0.3, 0.4) is 0 Å². The lowest BCUT2D eigenvalue weighted by Gasteiger charge is -2.16. The summed E-state index contributed by atoms with van der Waals surface area (Å²) in [6.45, 7) is 4.40. The van der Waals surface area contributed by atoms with Crippen molar-refractivity contribution in [1.29, 1.82) is 0 Å². The Bertz CT molecular complexity index is 607. The van der Waals surface area contributed by atoms with Crippen molar-refractivity contribution in [3.8, 4) is 11.5 Å². The molecule has 0 bridgehead atoms. The van der Waals surface area contributed by atoms with Crippen LogP contribution < -0.4 is 15.2 Å². The van der Waals surface area contributed by atoms with Crippen molar-refractivity contribution in [1.82, 2.24) is 9.55 Å². The Morgan fingerprint density at radius 3 is 2.48 bits per heavy atom. The number of rotatable bonds is 7. The molecule has 0 aliphatic carbocycles. The van der Waals surface area contributed by atoms with Crippen LogP contribution in [-0.2, 0) is 0 Å². The minimum atomic E-state index is 0.319. The summed E-state index contributed by atoms with van der Waals surface area (Å²) < 4.78 is 12.8. The van der Waals surface area contributed by atoms with Crippen molar-refractivity contribution in [3.63, 3.8) is 0 Å². The van der Waals surface area contributed by atoms with Gasteiger partial charge in [0.05, 0.1) is 25.3 Å². The van der Waals surface area contributed by atoms with Gasteiger partial charge in [0.15, 0.2) is 11.5 Å². The average molecular weight is 291 g/mol. The average Bonchev–Trinajstić information content (AvgIpc) is 2.80. The molecule has 0 radical (unpaired) electrons. The van der Waals surface area contributed by atoms with Crippen molar-refractivity contribution in [2.45, 2.75) is 45.6 Å². The van der Waals surface area contributed by atoms with Gasteiger partial charge in [0.25, 0.3) is 0 Å². The molecule has 0 spiro atoms. The summed E-state index contributed by atoms with van der Waals surface area (Å²) in [4.78, 5) is 4.45. The lowest BCUT2D eigenvalue weighted by molar-refractivity contribution is 0.355. The largest absolute Gasteiger partial charge is 0.493 e. The van der Waals surface area contributed by atoms with Gasteiger partial charge in [-0.3, -0.25) is 0 Å². The lowest BCUT2D eigenvalue weighted by atomic mass is 10.1. The van der Waals surface area contributed by atoms with Gasteiger partial charge in [0.1, 0.15) is 0 Å². The van der Waals surface area contributed by atoms with Crippen molar-refractivity contribution < 1.29 is 9.47 Å². The molecule has 0 aliphatic heterocycles. The minimum absolute atomic E-state index is 0.319. The second-order valence-corrected chi connectivity index (χ2v) is 5.38. The van der Waals surface area contributed by atoms with E-state index in [-0.39, 0.29) is 0 Å². The highest BCUT2D eigenvalue weighted by Gasteiger charge is 2.17. The Morgan fingerprint density at radius 1 is 1.19 bits per heavy atom. The number of nitrogen functional groups attached to an aromatic ring is 1. The smallest absolute Gasteiger partial charge is 0.201 e. The number of nitrogens with two attached hydrogens (primary N) is 1. The number of ether oxygens (including phenoxy) is 2. The topological polar surface area (TPSA) is 62.3 Å². The maximum absolute atomic E-state index is 6.11. The van der Waals surface area contributed by atoms with E-state index in [0.29, 0.717) is 23.5 Å². The Balaban J connectivity index is 2.41. The van der Waals surface area contributed by atoms with Gasteiger partial charge in [-0.2, -0.15) is 0 Å². The normalized spacial score (nSPS) is 12.6. The van der Waals surface area contributed by atoms with E-state index in [0.717, 1.165) is 17.5 Å². The predicted octanol–water partition coefficient (Wildman–Crippen LogP) is 3.78. The van der Waals surface area contributed by atoms with Crippen molar-refractivity contribution in [2.24, 2.45) is 0 Å². The van der Waals surface area contributed by atoms with Gasteiger partial charge in [-0.05, 0) is 13.3 Å². The minimum Gasteiger partial charge on any atom is -0.493 e. The fourth-order valence-electron chi connectivity index (χ4n) is 2.72. The Labute approximate surface area is 126 Å². The summed E-state index contributed by atoms with van der Waals surface area (Å²) >= 11 is 0. The number of benzene rings is 1. The van der Waals surface area contributed by atoms with Gasteiger partial charge < -0.3 is 19.8 Å². The summed E-state index contributed by atoms with van der Waals surface area (Å²) in [7, 11) is 3.26. The first-order chi connectivity index (χ1) is 10.1. The lowest BCUT2D eigenvalue weighted by Crippen LogP contribution is -2.09. The molecule has 2 rings (SSSR count). The van der Waals surface area contributed by atoms with Crippen LogP contribution in [0.15, 0.2) is 12.1 Å². The molecule has 0 saturated carbocycles. The molecule has 0 amide bonds. The van der Waals surface area contributed by atoms with Gasteiger partial charge in [-0.1, -0.05) is 26.2 Å². The van der Waals surface area contributed by atoms with E-state index < -0.39 is 0 Å². The molecular formula is C16H25N3O2. The van der Waals surface area contributed by atoms with Crippen LogP contribution in [-0.4, -0.2) is 23.8 Å². The molecule has 5 heteroatoms. The number of aromatic nitrogens is 2. The van der Waals surface area contributed by atoms with E-state index in [1.807, 2.05) is 12.1 Å². The molecule has 0 fully saturated rings. The predicted molar refractivity (Wildman–Crippen MR) is 86.1 cm³/mol. The highest BCUT2D eigenvalue weighted by Crippen LogP contribution is 2.35. The molecule has 21 heavy (non-hydrogen) atoms. The summed E-state index contributed by atoms with van der Waals surface area (Å²) in [6, 6.07) is 4.15. The van der Waals surface area contributed by atoms with E-state index in [9.17, 15) is 0 Å². The molecule has 2 aromatic rings. The zero-order valence-electron chi connectivity index (χ0n) is 13.3. The van der Waals surface area contributed by atoms with Crippen LogP contribution in [0.5, 0.6) is 11.5 Å². The highest BCUT2D eigenvalue weighted by atomic mass is 16.5. The third-order valence-corrected chi connectivity index (χ3v) is 3.89. The van der Waals surface area contributed by atoms with Crippen LogP contribution in [0.25, 0.3) is 11.0 Å². The van der Waals surface area contributed by atoms with Gasteiger partial charge in [0.2, 0.25) is 5.95 Å². The molecule has 2 N–H and O–H groups in total. The first-order valence-electron chi connectivity index (χ1n) is 7.51. The second-order valence-electron chi connectivity index (χ2n) is 5.38. The third kappa shape index (κ3) is 3.06. The van der Waals surface area contributed by atoms with Crippen LogP contribution in [0.4, 0.5) is 5.95 Å². The van der Waals surface area contributed by atoms with Crippen LogP contribution in [0, 0.1) is 0 Å². The number of methoxy groups -OCH3 is 2.